The van der Waals surface area contributed by atoms with Crippen LogP contribution in [0, 0.1) is 5.41 Å². The zero-order valence-corrected chi connectivity index (χ0v) is 13.1. The molecule has 0 spiro atoms. The second-order valence-electron chi connectivity index (χ2n) is 6.25. The number of carbonyl (C=O) groups is 2. The van der Waals surface area contributed by atoms with Crippen molar-refractivity contribution in [3.8, 4) is 0 Å². The minimum absolute atomic E-state index is 0.0200. The molecular formula is C19H19NO4. The molecule has 0 heterocycles. The van der Waals surface area contributed by atoms with E-state index in [0.29, 0.717) is 24.1 Å². The maximum absolute atomic E-state index is 12.1. The quantitative estimate of drug-likeness (QED) is 0.762. The van der Waals surface area contributed by atoms with E-state index in [9.17, 15) is 14.7 Å². The minimum Gasteiger partial charge on any atom is -0.481 e. The maximum atomic E-state index is 12.1. The Morgan fingerprint density at radius 1 is 1.04 bits per heavy atom. The summed E-state index contributed by atoms with van der Waals surface area (Å²) in [4.78, 5) is 23.2. The average Bonchev–Trinajstić information content (AvgIpc) is 3.36. The third-order valence-electron chi connectivity index (χ3n) is 4.41. The van der Waals surface area contributed by atoms with Gasteiger partial charge in [0.25, 0.3) is 0 Å². The minimum atomic E-state index is -0.911. The number of hydrogen-bond acceptors (Lipinski definition) is 3. The van der Waals surface area contributed by atoms with Gasteiger partial charge in [-0.25, -0.2) is 0 Å². The number of aliphatic hydroxyl groups is 1. The fraction of sp³-hybridized carbons (Fsp3) is 0.263. The highest BCUT2D eigenvalue weighted by Gasteiger charge is 2.51. The van der Waals surface area contributed by atoms with Crippen LogP contribution in [0.3, 0.4) is 0 Å². The van der Waals surface area contributed by atoms with E-state index in [4.69, 9.17) is 5.11 Å². The first-order valence-electron chi connectivity index (χ1n) is 7.86. The molecule has 2 aromatic rings. The summed E-state index contributed by atoms with van der Waals surface area (Å²) in [6, 6.07) is 16.2. The molecule has 1 aliphatic carbocycles. The topological polar surface area (TPSA) is 86.6 Å². The molecule has 24 heavy (non-hydrogen) atoms. The Hall–Kier alpha value is -2.66. The highest BCUT2D eigenvalue weighted by atomic mass is 16.4. The average molecular weight is 325 g/mol. The van der Waals surface area contributed by atoms with Crippen molar-refractivity contribution in [1.29, 1.82) is 0 Å². The Bertz CT molecular complexity index is 753. The van der Waals surface area contributed by atoms with Crippen LogP contribution >= 0.6 is 0 Å². The lowest BCUT2D eigenvalue weighted by atomic mass is 10.0. The van der Waals surface area contributed by atoms with E-state index in [0.717, 1.165) is 5.56 Å². The van der Waals surface area contributed by atoms with E-state index in [1.807, 2.05) is 30.3 Å². The molecule has 1 aliphatic rings. The maximum Gasteiger partial charge on any atom is 0.310 e. The SMILES string of the molecule is O=C(CC1(C(=O)O)CC1)Nc1cccc(C(O)c2ccccc2)c1. The highest BCUT2D eigenvalue weighted by molar-refractivity contribution is 5.95. The molecule has 0 bridgehead atoms. The Kier molecular flexibility index (Phi) is 4.36. The molecule has 5 heteroatoms. The normalized spacial score (nSPS) is 16.2. The molecule has 0 radical (unpaired) electrons. The summed E-state index contributed by atoms with van der Waals surface area (Å²) in [5.74, 6) is -1.23. The van der Waals surface area contributed by atoms with Crippen molar-refractivity contribution in [3.63, 3.8) is 0 Å². The van der Waals surface area contributed by atoms with Gasteiger partial charge in [-0.2, -0.15) is 0 Å². The van der Waals surface area contributed by atoms with Crippen molar-refractivity contribution in [2.45, 2.75) is 25.4 Å². The van der Waals surface area contributed by atoms with Gasteiger partial charge in [-0.1, -0.05) is 42.5 Å². The van der Waals surface area contributed by atoms with E-state index in [-0.39, 0.29) is 12.3 Å². The van der Waals surface area contributed by atoms with Crippen LogP contribution < -0.4 is 5.32 Å². The summed E-state index contributed by atoms with van der Waals surface area (Å²) in [5.41, 5.74) is 1.10. The third-order valence-corrected chi connectivity index (χ3v) is 4.41. The predicted octanol–water partition coefficient (Wildman–Crippen LogP) is 2.96. The zero-order valence-electron chi connectivity index (χ0n) is 13.1. The van der Waals surface area contributed by atoms with E-state index >= 15 is 0 Å². The van der Waals surface area contributed by atoms with Crippen LogP contribution in [-0.2, 0) is 9.59 Å². The lowest BCUT2D eigenvalue weighted by molar-refractivity contribution is -0.145. The molecule has 1 fully saturated rings. The highest BCUT2D eigenvalue weighted by Crippen LogP contribution is 2.49. The van der Waals surface area contributed by atoms with Crippen molar-refractivity contribution in [3.05, 3.63) is 65.7 Å². The van der Waals surface area contributed by atoms with Crippen molar-refractivity contribution in [1.82, 2.24) is 0 Å². The molecule has 5 nitrogen and oxygen atoms in total. The number of carboxylic acids is 1. The van der Waals surface area contributed by atoms with Crippen molar-refractivity contribution in [2.24, 2.45) is 5.41 Å². The Labute approximate surface area is 139 Å². The summed E-state index contributed by atoms with van der Waals surface area (Å²) in [6.45, 7) is 0. The van der Waals surface area contributed by atoms with Gasteiger partial charge in [-0.15, -0.1) is 0 Å². The van der Waals surface area contributed by atoms with Crippen LogP contribution in [0.15, 0.2) is 54.6 Å². The number of anilines is 1. The molecule has 1 amide bonds. The van der Waals surface area contributed by atoms with Crippen molar-refractivity contribution in [2.75, 3.05) is 5.32 Å². The van der Waals surface area contributed by atoms with Crippen molar-refractivity contribution >= 4 is 17.6 Å². The lowest BCUT2D eigenvalue weighted by Crippen LogP contribution is -2.23. The molecule has 124 valence electrons. The largest absolute Gasteiger partial charge is 0.481 e. The second kappa shape index (κ2) is 6.45. The third kappa shape index (κ3) is 3.46. The number of aliphatic carboxylic acids is 1. The Morgan fingerprint density at radius 3 is 2.33 bits per heavy atom. The van der Waals surface area contributed by atoms with Crippen LogP contribution in [0.5, 0.6) is 0 Å². The van der Waals surface area contributed by atoms with Crippen LogP contribution in [0.1, 0.15) is 36.5 Å². The number of aliphatic hydroxyl groups excluding tert-OH is 1. The van der Waals surface area contributed by atoms with E-state index < -0.39 is 17.5 Å². The van der Waals surface area contributed by atoms with Crippen LogP contribution in [0.2, 0.25) is 0 Å². The molecule has 1 unspecified atom stereocenters. The van der Waals surface area contributed by atoms with Crippen LogP contribution in [-0.4, -0.2) is 22.1 Å². The number of amides is 1. The Balaban J connectivity index is 1.69. The fourth-order valence-corrected chi connectivity index (χ4v) is 2.74. The van der Waals surface area contributed by atoms with Gasteiger partial charge in [0.2, 0.25) is 5.91 Å². The fourth-order valence-electron chi connectivity index (χ4n) is 2.74. The number of hydrogen-bond donors (Lipinski definition) is 3. The van der Waals surface area contributed by atoms with E-state index in [1.54, 1.807) is 24.3 Å². The van der Waals surface area contributed by atoms with Gasteiger partial charge in [-0.3, -0.25) is 9.59 Å². The number of nitrogens with one attached hydrogen (secondary N) is 1. The van der Waals surface area contributed by atoms with E-state index in [2.05, 4.69) is 5.32 Å². The molecule has 0 aromatic heterocycles. The van der Waals surface area contributed by atoms with Crippen molar-refractivity contribution < 1.29 is 19.8 Å². The molecular weight excluding hydrogens is 306 g/mol. The zero-order chi connectivity index (χ0) is 17.2. The van der Waals surface area contributed by atoms with Gasteiger partial charge in [0.05, 0.1) is 5.41 Å². The summed E-state index contributed by atoms with van der Waals surface area (Å²) >= 11 is 0. The van der Waals surface area contributed by atoms with Gasteiger partial charge >= 0.3 is 5.97 Å². The number of benzene rings is 2. The number of carboxylic acid groups (broad SMARTS) is 1. The number of carbonyl (C=O) groups excluding carboxylic acids is 1. The summed E-state index contributed by atoms with van der Waals surface area (Å²) in [7, 11) is 0. The first kappa shape index (κ1) is 16.2. The first-order chi connectivity index (χ1) is 11.5. The monoisotopic (exact) mass is 325 g/mol. The van der Waals surface area contributed by atoms with Gasteiger partial charge in [0.15, 0.2) is 0 Å². The molecule has 1 atom stereocenters. The summed E-state index contributed by atoms with van der Waals surface area (Å²) < 4.78 is 0. The molecule has 2 aromatic carbocycles. The molecule has 3 rings (SSSR count). The molecule has 0 saturated heterocycles. The van der Waals surface area contributed by atoms with Crippen LogP contribution in [0.4, 0.5) is 5.69 Å². The second-order valence-corrected chi connectivity index (χ2v) is 6.25. The molecule has 1 saturated carbocycles. The number of rotatable bonds is 6. The molecule has 0 aliphatic heterocycles. The smallest absolute Gasteiger partial charge is 0.310 e. The van der Waals surface area contributed by atoms with Gasteiger partial charge in [-0.05, 0) is 36.1 Å². The molecule has 3 N–H and O–H groups in total. The van der Waals surface area contributed by atoms with Gasteiger partial charge in [0, 0.05) is 12.1 Å². The lowest BCUT2D eigenvalue weighted by Gasteiger charge is -2.14. The Morgan fingerprint density at radius 2 is 1.71 bits per heavy atom. The summed E-state index contributed by atoms with van der Waals surface area (Å²) in [5, 5.41) is 22.3. The van der Waals surface area contributed by atoms with Gasteiger partial charge < -0.3 is 15.5 Å². The standard InChI is InChI=1S/C19H19NO4/c21-16(12-19(9-10-19)18(23)24)20-15-8-4-7-14(11-15)17(22)13-5-2-1-3-6-13/h1-8,11,17,22H,9-10,12H2,(H,20,21)(H,23,24). The predicted molar refractivity (Wildman–Crippen MR) is 89.5 cm³/mol. The van der Waals surface area contributed by atoms with Crippen LogP contribution in [0.25, 0.3) is 0 Å². The van der Waals surface area contributed by atoms with E-state index in [1.165, 1.54) is 0 Å². The summed E-state index contributed by atoms with van der Waals surface area (Å²) in [6.07, 6.45) is 0.288. The first-order valence-corrected chi connectivity index (χ1v) is 7.86. The van der Waals surface area contributed by atoms with Gasteiger partial charge in [0.1, 0.15) is 6.10 Å².